The third-order valence-electron chi connectivity index (χ3n) is 6.05. The average Bonchev–Trinajstić information content (AvgIpc) is 3.16. The van der Waals surface area contributed by atoms with E-state index in [1.54, 1.807) is 25.6 Å². The van der Waals surface area contributed by atoms with Gasteiger partial charge in [0, 0.05) is 38.3 Å². The molecule has 2 fully saturated rings. The molecule has 7 heteroatoms. The van der Waals surface area contributed by atoms with Crippen molar-refractivity contribution in [2.24, 2.45) is 11.3 Å². The molecule has 1 saturated carbocycles. The molecule has 4 rings (SSSR count). The molecule has 1 atom stereocenters. The first-order valence-corrected chi connectivity index (χ1v) is 9.50. The number of nitrogens with one attached hydrogen (secondary N) is 1. The van der Waals surface area contributed by atoms with Crippen LogP contribution in [0.5, 0.6) is 0 Å². The number of fused-ring (bicyclic) bond motifs is 1. The Morgan fingerprint density at radius 1 is 1.41 bits per heavy atom. The maximum absolute atomic E-state index is 12.4. The maximum atomic E-state index is 12.4. The zero-order valence-corrected chi connectivity index (χ0v) is 15.6. The number of hydrogen-bond donors (Lipinski definition) is 1. The lowest BCUT2D eigenvalue weighted by Crippen LogP contribution is -2.40. The van der Waals surface area contributed by atoms with Crippen LogP contribution in [0.3, 0.4) is 0 Å². The van der Waals surface area contributed by atoms with Crippen LogP contribution < -0.4 is 5.32 Å². The summed E-state index contributed by atoms with van der Waals surface area (Å²) in [5.74, 6) is 0.812. The minimum Gasteiger partial charge on any atom is -0.449 e. The van der Waals surface area contributed by atoms with Crippen LogP contribution in [0.1, 0.15) is 36.2 Å². The third kappa shape index (κ3) is 3.69. The van der Waals surface area contributed by atoms with Crippen LogP contribution in [0.2, 0.25) is 0 Å². The second-order valence-corrected chi connectivity index (χ2v) is 7.62. The van der Waals surface area contributed by atoms with Gasteiger partial charge in [-0.15, -0.1) is 0 Å². The maximum Gasteiger partial charge on any atom is 0.287 e. The van der Waals surface area contributed by atoms with Gasteiger partial charge in [0.05, 0.1) is 19.2 Å². The number of pyridine rings is 1. The van der Waals surface area contributed by atoms with Crippen molar-refractivity contribution in [1.29, 1.82) is 0 Å². The van der Waals surface area contributed by atoms with Crippen molar-refractivity contribution in [1.82, 2.24) is 15.2 Å². The summed E-state index contributed by atoms with van der Waals surface area (Å²) in [5, 5.41) is 3.88. The van der Waals surface area contributed by atoms with Gasteiger partial charge in [0.2, 0.25) is 5.91 Å². The highest BCUT2D eigenvalue weighted by molar-refractivity contribution is 5.95. The highest BCUT2D eigenvalue weighted by Gasteiger charge is 2.54. The van der Waals surface area contributed by atoms with Crippen molar-refractivity contribution in [2.75, 3.05) is 33.4 Å². The van der Waals surface area contributed by atoms with Crippen LogP contribution in [0, 0.1) is 11.3 Å². The molecule has 1 aliphatic carbocycles. The van der Waals surface area contributed by atoms with Gasteiger partial charge < -0.3 is 19.4 Å². The number of hydrogen-bond acceptors (Lipinski definition) is 5. The van der Waals surface area contributed by atoms with E-state index in [4.69, 9.17) is 9.15 Å². The molecule has 0 bridgehead atoms. The predicted molar refractivity (Wildman–Crippen MR) is 99.2 cm³/mol. The Morgan fingerprint density at radius 2 is 2.22 bits per heavy atom. The zero-order valence-electron chi connectivity index (χ0n) is 15.6. The fraction of sp³-hybridized carbons (Fsp3) is 0.550. The first-order chi connectivity index (χ1) is 13.1. The number of furan rings is 1. The molecule has 7 nitrogen and oxygen atoms in total. The molecular formula is C20H25N3O4. The van der Waals surface area contributed by atoms with Gasteiger partial charge in [-0.3, -0.25) is 14.6 Å². The van der Waals surface area contributed by atoms with Crippen molar-refractivity contribution in [3.8, 4) is 0 Å². The lowest BCUT2D eigenvalue weighted by molar-refractivity contribution is -0.133. The van der Waals surface area contributed by atoms with Crippen molar-refractivity contribution >= 4 is 22.8 Å². The number of rotatable bonds is 6. The number of nitrogens with zero attached hydrogens (tertiary/aromatic N) is 2. The monoisotopic (exact) mass is 371 g/mol. The molecule has 1 saturated heterocycles. The van der Waals surface area contributed by atoms with Crippen molar-refractivity contribution < 1.29 is 18.7 Å². The fourth-order valence-electron chi connectivity index (χ4n) is 4.18. The summed E-state index contributed by atoms with van der Waals surface area (Å²) in [6, 6.07) is 3.58. The standard InChI is InChI=1S/C20H25N3O4/c1-26-9-3-18(24)23-7-4-20(5-8-23)11-15(20)12-22-19(25)16-10-14-2-6-21-13-17(14)27-16/h2,6,10,13,15H,3-5,7-9,11-12H2,1H3,(H,22,25). The number of ether oxygens (including phenoxy) is 1. The molecule has 3 heterocycles. The Balaban J connectivity index is 1.25. The Hall–Kier alpha value is -2.41. The lowest BCUT2D eigenvalue weighted by Gasteiger charge is -2.33. The number of piperidine rings is 1. The molecular weight excluding hydrogens is 346 g/mol. The van der Waals surface area contributed by atoms with E-state index in [1.807, 2.05) is 11.0 Å². The van der Waals surface area contributed by atoms with Gasteiger partial charge in [0.1, 0.15) is 0 Å². The highest BCUT2D eigenvalue weighted by Crippen LogP contribution is 2.59. The predicted octanol–water partition coefficient (Wildman–Crippen LogP) is 2.22. The second-order valence-electron chi connectivity index (χ2n) is 7.62. The Labute approximate surface area is 158 Å². The summed E-state index contributed by atoms with van der Waals surface area (Å²) in [6.07, 6.45) is 6.90. The van der Waals surface area contributed by atoms with E-state index in [9.17, 15) is 9.59 Å². The molecule has 144 valence electrons. The summed E-state index contributed by atoms with van der Waals surface area (Å²) in [7, 11) is 1.61. The molecule has 2 aromatic heterocycles. The van der Waals surface area contributed by atoms with Crippen LogP contribution in [0.4, 0.5) is 0 Å². The molecule has 2 aromatic rings. The zero-order chi connectivity index (χ0) is 18.9. The van der Waals surface area contributed by atoms with Gasteiger partial charge in [-0.2, -0.15) is 0 Å². The van der Waals surface area contributed by atoms with Gasteiger partial charge in [-0.25, -0.2) is 0 Å². The van der Waals surface area contributed by atoms with E-state index in [1.165, 1.54) is 0 Å². The number of amides is 2. The summed E-state index contributed by atoms with van der Waals surface area (Å²) in [5.41, 5.74) is 0.916. The normalized spacial score (nSPS) is 20.8. The Morgan fingerprint density at radius 3 is 2.96 bits per heavy atom. The minimum absolute atomic E-state index is 0.177. The molecule has 0 aromatic carbocycles. The van der Waals surface area contributed by atoms with Gasteiger partial charge in [0.25, 0.3) is 5.91 Å². The van der Waals surface area contributed by atoms with Gasteiger partial charge >= 0.3 is 0 Å². The fourth-order valence-corrected chi connectivity index (χ4v) is 4.18. The number of carbonyl (C=O) groups excluding carboxylic acids is 2. The smallest absolute Gasteiger partial charge is 0.287 e. The summed E-state index contributed by atoms with van der Waals surface area (Å²) < 4.78 is 10.5. The minimum atomic E-state index is -0.180. The first-order valence-electron chi connectivity index (χ1n) is 9.50. The summed E-state index contributed by atoms with van der Waals surface area (Å²) in [4.78, 5) is 30.4. The molecule has 1 spiro atoms. The average molecular weight is 371 g/mol. The molecule has 27 heavy (non-hydrogen) atoms. The Bertz CT molecular complexity index is 806. The van der Waals surface area contributed by atoms with E-state index >= 15 is 0 Å². The quantitative estimate of drug-likeness (QED) is 0.842. The van der Waals surface area contributed by atoms with Crippen molar-refractivity contribution in [3.05, 3.63) is 30.3 Å². The molecule has 1 aliphatic heterocycles. The number of likely N-dealkylation sites (tertiary alicyclic amines) is 1. The van der Waals surface area contributed by atoms with Gasteiger partial charge in [-0.05, 0) is 42.7 Å². The number of methoxy groups -OCH3 is 1. The summed E-state index contributed by atoms with van der Waals surface area (Å²) in [6.45, 7) is 2.76. The molecule has 1 N–H and O–H groups in total. The Kier molecular flexibility index (Phi) is 4.86. The molecule has 2 aliphatic rings. The van der Waals surface area contributed by atoms with Crippen molar-refractivity contribution in [3.63, 3.8) is 0 Å². The lowest BCUT2D eigenvalue weighted by atomic mass is 9.90. The van der Waals surface area contributed by atoms with Crippen molar-refractivity contribution in [2.45, 2.75) is 25.7 Å². The SMILES string of the molecule is COCCC(=O)N1CCC2(CC1)CC2CNC(=O)c1cc2ccncc2o1. The van der Waals surface area contributed by atoms with Crippen LogP contribution in [-0.2, 0) is 9.53 Å². The van der Waals surface area contributed by atoms with Crippen LogP contribution in [0.25, 0.3) is 11.0 Å². The molecule has 0 radical (unpaired) electrons. The summed E-state index contributed by atoms with van der Waals surface area (Å²) >= 11 is 0. The van der Waals surface area contributed by atoms with E-state index in [0.717, 1.165) is 37.7 Å². The van der Waals surface area contributed by atoms with Crippen LogP contribution >= 0.6 is 0 Å². The number of carbonyl (C=O) groups is 2. The van der Waals surface area contributed by atoms with E-state index in [-0.39, 0.29) is 11.8 Å². The van der Waals surface area contributed by atoms with E-state index in [0.29, 0.717) is 42.2 Å². The third-order valence-corrected chi connectivity index (χ3v) is 6.05. The molecule has 2 amide bonds. The second kappa shape index (κ2) is 7.31. The number of aromatic nitrogens is 1. The largest absolute Gasteiger partial charge is 0.449 e. The van der Waals surface area contributed by atoms with Crippen LogP contribution in [0.15, 0.2) is 28.9 Å². The first kappa shape index (κ1) is 18.0. The van der Waals surface area contributed by atoms with E-state index in [2.05, 4.69) is 10.3 Å². The van der Waals surface area contributed by atoms with Gasteiger partial charge in [-0.1, -0.05) is 0 Å². The topological polar surface area (TPSA) is 84.7 Å². The van der Waals surface area contributed by atoms with Crippen LogP contribution in [-0.4, -0.2) is 55.0 Å². The van der Waals surface area contributed by atoms with Gasteiger partial charge in [0.15, 0.2) is 11.3 Å². The highest BCUT2D eigenvalue weighted by atomic mass is 16.5. The molecule has 1 unspecified atom stereocenters. The van der Waals surface area contributed by atoms with E-state index < -0.39 is 0 Å².